The number of amides is 1. The lowest BCUT2D eigenvalue weighted by atomic mass is 9.98. The predicted molar refractivity (Wildman–Crippen MR) is 76.0 cm³/mol. The van der Waals surface area contributed by atoms with Crippen molar-refractivity contribution in [3.05, 3.63) is 35.6 Å². The number of methoxy groups -OCH3 is 1. The van der Waals surface area contributed by atoms with E-state index in [4.69, 9.17) is 9.57 Å². The summed E-state index contributed by atoms with van der Waals surface area (Å²) < 4.78 is 18.9. The lowest BCUT2D eigenvalue weighted by Gasteiger charge is -2.22. The highest BCUT2D eigenvalue weighted by Crippen LogP contribution is 2.17. The third-order valence-electron chi connectivity index (χ3n) is 3.13. The van der Waals surface area contributed by atoms with Gasteiger partial charge in [-0.1, -0.05) is 18.2 Å². The van der Waals surface area contributed by atoms with E-state index in [1.165, 1.54) is 39.5 Å². The number of hydroxylamine groups is 2. The van der Waals surface area contributed by atoms with Crippen LogP contribution in [0.3, 0.4) is 0 Å². The van der Waals surface area contributed by atoms with E-state index >= 15 is 0 Å². The quantitative estimate of drug-likeness (QED) is 0.762. The number of benzene rings is 1. The van der Waals surface area contributed by atoms with Crippen molar-refractivity contribution in [3.63, 3.8) is 0 Å². The minimum Gasteiger partial charge on any atom is -0.367 e. The Morgan fingerprint density at radius 2 is 1.95 bits per heavy atom. The van der Waals surface area contributed by atoms with Crippen LogP contribution in [-0.2, 0) is 19.2 Å². The van der Waals surface area contributed by atoms with Gasteiger partial charge in [-0.05, 0) is 6.07 Å². The number of hydrogen-bond donors (Lipinski definition) is 0. The Hall–Kier alpha value is -2.45. The molecule has 1 heterocycles. The second kappa shape index (κ2) is 6.54. The zero-order valence-corrected chi connectivity index (χ0v) is 12.2. The molecule has 0 saturated heterocycles. The number of Topliss-reactive ketones (excluding diaryl/α,β-unsaturated/α-hetero) is 1. The zero-order chi connectivity index (χ0) is 16.3. The van der Waals surface area contributed by atoms with Crippen LogP contribution in [-0.4, -0.2) is 55.5 Å². The maximum absolute atomic E-state index is 13.9. The lowest BCUT2D eigenvalue weighted by Crippen LogP contribution is -2.46. The second-order valence-corrected chi connectivity index (χ2v) is 4.38. The molecule has 0 bridgehead atoms. The highest BCUT2D eigenvalue weighted by atomic mass is 19.1. The number of ether oxygens (including phenoxy) is 1. The van der Waals surface area contributed by atoms with Crippen molar-refractivity contribution in [2.75, 3.05) is 21.3 Å². The third-order valence-corrected chi connectivity index (χ3v) is 3.13. The Bertz CT molecular complexity index is 672. The molecule has 1 atom stereocenters. The molecule has 0 saturated carbocycles. The maximum Gasteiger partial charge on any atom is 0.301 e. The van der Waals surface area contributed by atoms with Crippen LogP contribution in [0, 0.1) is 5.82 Å². The number of carbonyl (C=O) groups is 2. The SMILES string of the molecule is COC1C(=O)C(C(=O)N(C)OC)=NN=C1c1ccccc1F. The van der Waals surface area contributed by atoms with Crippen LogP contribution < -0.4 is 0 Å². The molecule has 1 amide bonds. The van der Waals surface area contributed by atoms with E-state index in [0.717, 1.165) is 5.06 Å². The highest BCUT2D eigenvalue weighted by Gasteiger charge is 2.38. The van der Waals surface area contributed by atoms with Gasteiger partial charge in [0.15, 0.2) is 11.8 Å². The summed E-state index contributed by atoms with van der Waals surface area (Å²) in [7, 11) is 3.87. The monoisotopic (exact) mass is 307 g/mol. The summed E-state index contributed by atoms with van der Waals surface area (Å²) >= 11 is 0. The smallest absolute Gasteiger partial charge is 0.301 e. The van der Waals surface area contributed by atoms with E-state index in [-0.39, 0.29) is 11.3 Å². The first-order chi connectivity index (χ1) is 10.5. The summed E-state index contributed by atoms with van der Waals surface area (Å²) in [6, 6.07) is 5.80. The van der Waals surface area contributed by atoms with E-state index in [1.807, 2.05) is 0 Å². The van der Waals surface area contributed by atoms with E-state index < -0.39 is 29.3 Å². The molecule has 0 radical (unpaired) electrons. The van der Waals surface area contributed by atoms with Crippen molar-refractivity contribution in [2.45, 2.75) is 6.10 Å². The second-order valence-electron chi connectivity index (χ2n) is 4.38. The summed E-state index contributed by atoms with van der Waals surface area (Å²) in [5, 5.41) is 8.25. The van der Waals surface area contributed by atoms with Crippen molar-refractivity contribution in [1.29, 1.82) is 0 Å². The Morgan fingerprint density at radius 3 is 2.55 bits per heavy atom. The van der Waals surface area contributed by atoms with Crippen LogP contribution >= 0.6 is 0 Å². The molecule has 0 fully saturated rings. The van der Waals surface area contributed by atoms with E-state index in [2.05, 4.69) is 10.2 Å². The van der Waals surface area contributed by atoms with Gasteiger partial charge in [0, 0.05) is 19.7 Å². The molecular weight excluding hydrogens is 293 g/mol. The van der Waals surface area contributed by atoms with E-state index in [0.29, 0.717) is 0 Å². The van der Waals surface area contributed by atoms with Gasteiger partial charge in [0.25, 0.3) is 0 Å². The Balaban J connectivity index is 2.47. The van der Waals surface area contributed by atoms with Crippen LogP contribution in [0.5, 0.6) is 0 Å². The van der Waals surface area contributed by atoms with Crippen molar-refractivity contribution in [3.8, 4) is 0 Å². The first kappa shape index (κ1) is 15.9. The van der Waals surface area contributed by atoms with Gasteiger partial charge in [-0.3, -0.25) is 14.4 Å². The van der Waals surface area contributed by atoms with Crippen LogP contribution in [0.4, 0.5) is 4.39 Å². The van der Waals surface area contributed by atoms with E-state index in [9.17, 15) is 14.0 Å². The van der Waals surface area contributed by atoms with Crippen LogP contribution in [0.25, 0.3) is 0 Å². The minimum atomic E-state index is -1.21. The number of hydrogen-bond acceptors (Lipinski definition) is 6. The molecule has 0 aliphatic carbocycles. The fourth-order valence-corrected chi connectivity index (χ4v) is 1.92. The molecule has 2 rings (SSSR count). The predicted octanol–water partition coefficient (Wildman–Crippen LogP) is 0.588. The first-order valence-electron chi connectivity index (χ1n) is 6.30. The summed E-state index contributed by atoms with van der Waals surface area (Å²) in [5.74, 6) is -2.02. The van der Waals surface area contributed by atoms with Gasteiger partial charge in [-0.2, -0.15) is 5.10 Å². The fourth-order valence-electron chi connectivity index (χ4n) is 1.92. The largest absolute Gasteiger partial charge is 0.367 e. The van der Waals surface area contributed by atoms with Gasteiger partial charge in [0.1, 0.15) is 11.5 Å². The first-order valence-corrected chi connectivity index (χ1v) is 6.30. The summed E-state index contributed by atoms with van der Waals surface area (Å²) in [6.07, 6.45) is -1.21. The van der Waals surface area contributed by atoms with E-state index in [1.54, 1.807) is 6.07 Å². The topological polar surface area (TPSA) is 80.6 Å². The Kier molecular flexibility index (Phi) is 4.74. The molecule has 1 unspecified atom stereocenters. The van der Waals surface area contributed by atoms with Gasteiger partial charge in [-0.15, -0.1) is 5.10 Å². The van der Waals surface area contributed by atoms with Crippen LogP contribution in [0.1, 0.15) is 5.56 Å². The molecular formula is C14H14FN3O4. The lowest BCUT2D eigenvalue weighted by molar-refractivity contribution is -0.160. The Morgan fingerprint density at radius 1 is 1.27 bits per heavy atom. The number of rotatable bonds is 4. The Labute approximate surface area is 126 Å². The van der Waals surface area contributed by atoms with Crippen molar-refractivity contribution in [1.82, 2.24) is 5.06 Å². The number of nitrogens with zero attached hydrogens (tertiary/aromatic N) is 3. The summed E-state index contributed by atoms with van der Waals surface area (Å²) in [6.45, 7) is 0. The third kappa shape index (κ3) is 2.78. The molecule has 116 valence electrons. The van der Waals surface area contributed by atoms with Gasteiger partial charge in [0.2, 0.25) is 5.78 Å². The summed E-state index contributed by atoms with van der Waals surface area (Å²) in [5.41, 5.74) is -0.323. The van der Waals surface area contributed by atoms with Gasteiger partial charge >= 0.3 is 5.91 Å². The van der Waals surface area contributed by atoms with Gasteiger partial charge in [-0.25, -0.2) is 9.45 Å². The van der Waals surface area contributed by atoms with Gasteiger partial charge < -0.3 is 4.74 Å². The minimum absolute atomic E-state index is 0.0159. The fraction of sp³-hybridized carbons (Fsp3) is 0.286. The van der Waals surface area contributed by atoms with Crippen molar-refractivity contribution in [2.24, 2.45) is 10.2 Å². The zero-order valence-electron chi connectivity index (χ0n) is 12.2. The molecule has 1 aromatic carbocycles. The van der Waals surface area contributed by atoms with Crippen LogP contribution in [0.15, 0.2) is 34.5 Å². The molecule has 1 aliphatic heterocycles. The molecule has 0 N–H and O–H groups in total. The normalized spacial score (nSPS) is 17.8. The molecule has 7 nitrogen and oxygen atoms in total. The molecule has 0 aromatic heterocycles. The molecule has 1 aliphatic rings. The number of halogens is 1. The molecule has 0 spiro atoms. The molecule has 1 aromatic rings. The molecule has 22 heavy (non-hydrogen) atoms. The molecule has 8 heteroatoms. The van der Waals surface area contributed by atoms with Crippen molar-refractivity contribution < 1.29 is 23.6 Å². The summed E-state index contributed by atoms with van der Waals surface area (Å²) in [4.78, 5) is 29.0. The highest BCUT2D eigenvalue weighted by molar-refractivity contribution is 6.68. The number of ketones is 1. The average molecular weight is 307 g/mol. The number of carbonyl (C=O) groups excluding carboxylic acids is 2. The average Bonchev–Trinajstić information content (AvgIpc) is 2.53. The van der Waals surface area contributed by atoms with Crippen molar-refractivity contribution >= 4 is 23.1 Å². The maximum atomic E-state index is 13.9. The van der Waals surface area contributed by atoms with Gasteiger partial charge in [0.05, 0.1) is 7.11 Å². The van der Waals surface area contributed by atoms with Crippen LogP contribution in [0.2, 0.25) is 0 Å². The standard InChI is InChI=1S/C14H14FN3O4/c1-18(22-3)14(20)11-12(19)13(21-2)10(16-17-11)8-6-4-5-7-9(8)15/h4-7,13H,1-3H3.